The number of hydrogen-bond donors (Lipinski definition) is 2. The summed E-state index contributed by atoms with van der Waals surface area (Å²) in [5.41, 5.74) is 4.40. The number of rotatable bonds is 6. The van der Waals surface area contributed by atoms with Gasteiger partial charge in [-0.25, -0.2) is 4.99 Å². The van der Waals surface area contributed by atoms with E-state index in [1.165, 1.54) is 74.8 Å². The summed E-state index contributed by atoms with van der Waals surface area (Å²) in [5, 5.41) is 7.07. The standard InChI is InChI=1S/C21H34N4.HI/c1-3-12-25-13-10-20(11-14-25)24-21(22-4-2)23-16-17-8-9-18-6-5-7-19(18)15-17;/h8-9,15,20H,3-7,10-14,16H2,1-2H3,(H2,22,23,24);1H. The van der Waals surface area contributed by atoms with Gasteiger partial charge in [-0.3, -0.25) is 0 Å². The Bertz CT molecular complexity index is 579. The molecule has 1 aromatic rings. The molecule has 1 aliphatic carbocycles. The average molecular weight is 470 g/mol. The van der Waals surface area contributed by atoms with E-state index in [9.17, 15) is 0 Å². The Morgan fingerprint density at radius 3 is 2.65 bits per heavy atom. The quantitative estimate of drug-likeness (QED) is 0.378. The van der Waals surface area contributed by atoms with Gasteiger partial charge in [-0.1, -0.05) is 25.1 Å². The normalized spacial score (nSPS) is 18.3. The SMILES string of the molecule is CCCN1CCC(NC(=NCc2ccc3c(c2)CCC3)NCC)CC1.I. The van der Waals surface area contributed by atoms with Crippen molar-refractivity contribution in [2.45, 2.75) is 65.0 Å². The predicted molar refractivity (Wildman–Crippen MR) is 122 cm³/mol. The first kappa shape index (κ1) is 21.5. The van der Waals surface area contributed by atoms with E-state index < -0.39 is 0 Å². The molecule has 4 nitrogen and oxygen atoms in total. The molecule has 26 heavy (non-hydrogen) atoms. The molecule has 1 fully saturated rings. The Kier molecular flexibility index (Phi) is 9.19. The summed E-state index contributed by atoms with van der Waals surface area (Å²) in [6.45, 7) is 9.71. The minimum atomic E-state index is 0. The molecule has 1 heterocycles. The number of aliphatic imine (C=N–C) groups is 1. The molecule has 1 aliphatic heterocycles. The molecule has 2 aliphatic rings. The largest absolute Gasteiger partial charge is 0.357 e. The lowest BCUT2D eigenvalue weighted by atomic mass is 10.1. The maximum atomic E-state index is 4.84. The number of nitrogens with zero attached hydrogens (tertiary/aromatic N) is 2. The van der Waals surface area contributed by atoms with E-state index in [1.807, 2.05) is 0 Å². The number of benzene rings is 1. The van der Waals surface area contributed by atoms with Gasteiger partial charge < -0.3 is 15.5 Å². The van der Waals surface area contributed by atoms with Crippen molar-refractivity contribution in [3.8, 4) is 0 Å². The first-order valence-corrected chi connectivity index (χ1v) is 10.2. The van der Waals surface area contributed by atoms with Gasteiger partial charge in [0, 0.05) is 25.7 Å². The van der Waals surface area contributed by atoms with Crippen molar-refractivity contribution in [2.24, 2.45) is 4.99 Å². The van der Waals surface area contributed by atoms with Gasteiger partial charge in [-0.2, -0.15) is 0 Å². The second kappa shape index (κ2) is 11.1. The molecule has 146 valence electrons. The Balaban J connectivity index is 0.00000243. The lowest BCUT2D eigenvalue weighted by Gasteiger charge is -2.32. The lowest BCUT2D eigenvalue weighted by Crippen LogP contribution is -2.48. The molecule has 2 N–H and O–H groups in total. The summed E-state index contributed by atoms with van der Waals surface area (Å²) in [7, 11) is 0. The molecule has 0 radical (unpaired) electrons. The Hall–Kier alpha value is -0.820. The van der Waals surface area contributed by atoms with Crippen LogP contribution >= 0.6 is 24.0 Å². The van der Waals surface area contributed by atoms with Gasteiger partial charge in [0.05, 0.1) is 6.54 Å². The van der Waals surface area contributed by atoms with Crippen LogP contribution in [0.2, 0.25) is 0 Å². The molecule has 0 saturated carbocycles. The van der Waals surface area contributed by atoms with Crippen molar-refractivity contribution in [1.29, 1.82) is 0 Å². The molecular weight excluding hydrogens is 435 g/mol. The number of likely N-dealkylation sites (tertiary alicyclic amines) is 1. The summed E-state index contributed by atoms with van der Waals surface area (Å²) < 4.78 is 0. The lowest BCUT2D eigenvalue weighted by molar-refractivity contribution is 0.206. The Morgan fingerprint density at radius 2 is 1.92 bits per heavy atom. The zero-order chi connectivity index (χ0) is 17.5. The third kappa shape index (κ3) is 6.12. The van der Waals surface area contributed by atoms with Crippen LogP contribution in [0.3, 0.4) is 0 Å². The van der Waals surface area contributed by atoms with E-state index in [2.05, 4.69) is 47.6 Å². The summed E-state index contributed by atoms with van der Waals surface area (Å²) in [6.07, 6.45) is 7.47. The van der Waals surface area contributed by atoms with Gasteiger partial charge in [0.25, 0.3) is 0 Å². The minimum absolute atomic E-state index is 0. The predicted octanol–water partition coefficient (Wildman–Crippen LogP) is 3.72. The Labute approximate surface area is 176 Å². The first-order chi connectivity index (χ1) is 12.3. The first-order valence-electron chi connectivity index (χ1n) is 10.2. The average Bonchev–Trinajstić information content (AvgIpc) is 3.09. The fourth-order valence-electron chi connectivity index (χ4n) is 4.02. The third-order valence-corrected chi connectivity index (χ3v) is 5.40. The molecule has 0 bridgehead atoms. The van der Waals surface area contributed by atoms with Crippen LogP contribution in [-0.2, 0) is 19.4 Å². The maximum absolute atomic E-state index is 4.84. The number of guanidine groups is 1. The van der Waals surface area contributed by atoms with Crippen molar-refractivity contribution < 1.29 is 0 Å². The van der Waals surface area contributed by atoms with Crippen molar-refractivity contribution in [1.82, 2.24) is 15.5 Å². The van der Waals surface area contributed by atoms with Crippen molar-refractivity contribution in [2.75, 3.05) is 26.2 Å². The number of nitrogens with one attached hydrogen (secondary N) is 2. The number of piperidine rings is 1. The molecular formula is C21H35IN4. The number of halogens is 1. The van der Waals surface area contributed by atoms with Gasteiger partial charge in [0.1, 0.15) is 0 Å². The zero-order valence-electron chi connectivity index (χ0n) is 16.4. The van der Waals surface area contributed by atoms with E-state index in [1.54, 1.807) is 0 Å². The van der Waals surface area contributed by atoms with Crippen LogP contribution in [-0.4, -0.2) is 43.1 Å². The van der Waals surface area contributed by atoms with E-state index in [-0.39, 0.29) is 24.0 Å². The topological polar surface area (TPSA) is 39.7 Å². The third-order valence-electron chi connectivity index (χ3n) is 5.40. The van der Waals surface area contributed by atoms with Crippen LogP contribution < -0.4 is 10.6 Å². The molecule has 0 unspecified atom stereocenters. The molecule has 1 saturated heterocycles. The van der Waals surface area contributed by atoms with Crippen LogP contribution in [0.15, 0.2) is 23.2 Å². The molecule has 0 atom stereocenters. The van der Waals surface area contributed by atoms with Gasteiger partial charge in [0.15, 0.2) is 5.96 Å². The minimum Gasteiger partial charge on any atom is -0.357 e. The number of hydrogen-bond acceptors (Lipinski definition) is 2. The van der Waals surface area contributed by atoms with E-state index in [0.717, 1.165) is 19.0 Å². The van der Waals surface area contributed by atoms with E-state index >= 15 is 0 Å². The maximum Gasteiger partial charge on any atom is 0.191 e. The van der Waals surface area contributed by atoms with Crippen LogP contribution in [0.25, 0.3) is 0 Å². The highest BCUT2D eigenvalue weighted by Gasteiger charge is 2.19. The molecule has 0 aromatic heterocycles. The number of fused-ring (bicyclic) bond motifs is 1. The summed E-state index contributed by atoms with van der Waals surface area (Å²) in [4.78, 5) is 7.42. The molecule has 0 spiro atoms. The second-order valence-corrected chi connectivity index (χ2v) is 7.41. The van der Waals surface area contributed by atoms with Crippen LogP contribution in [0, 0.1) is 0 Å². The molecule has 3 rings (SSSR count). The summed E-state index contributed by atoms with van der Waals surface area (Å²) in [6, 6.07) is 7.46. The van der Waals surface area contributed by atoms with E-state index in [4.69, 9.17) is 4.99 Å². The summed E-state index contributed by atoms with van der Waals surface area (Å²) in [5.74, 6) is 0.969. The highest BCUT2D eigenvalue weighted by molar-refractivity contribution is 14.0. The van der Waals surface area contributed by atoms with Crippen LogP contribution in [0.4, 0.5) is 0 Å². The van der Waals surface area contributed by atoms with Gasteiger partial charge in [-0.05, 0) is 68.7 Å². The van der Waals surface area contributed by atoms with Gasteiger partial charge in [0.2, 0.25) is 0 Å². The number of aryl methyl sites for hydroxylation is 2. The highest BCUT2D eigenvalue weighted by atomic mass is 127. The van der Waals surface area contributed by atoms with Crippen molar-refractivity contribution in [3.63, 3.8) is 0 Å². The smallest absolute Gasteiger partial charge is 0.191 e. The van der Waals surface area contributed by atoms with Gasteiger partial charge in [-0.15, -0.1) is 24.0 Å². The monoisotopic (exact) mass is 470 g/mol. The van der Waals surface area contributed by atoms with E-state index in [0.29, 0.717) is 6.04 Å². The molecule has 5 heteroatoms. The van der Waals surface area contributed by atoms with Gasteiger partial charge >= 0.3 is 0 Å². The van der Waals surface area contributed by atoms with Crippen molar-refractivity contribution in [3.05, 3.63) is 34.9 Å². The van der Waals surface area contributed by atoms with Crippen molar-refractivity contribution >= 4 is 29.9 Å². The molecule has 1 aromatic carbocycles. The van der Waals surface area contributed by atoms with Crippen LogP contribution in [0.1, 0.15) is 56.2 Å². The zero-order valence-corrected chi connectivity index (χ0v) is 18.7. The fourth-order valence-corrected chi connectivity index (χ4v) is 4.02. The molecule has 0 amide bonds. The Morgan fingerprint density at radius 1 is 1.15 bits per heavy atom. The highest BCUT2D eigenvalue weighted by Crippen LogP contribution is 2.23. The second-order valence-electron chi connectivity index (χ2n) is 7.41. The summed E-state index contributed by atoms with van der Waals surface area (Å²) >= 11 is 0. The van der Waals surface area contributed by atoms with Crippen LogP contribution in [0.5, 0.6) is 0 Å². The fraction of sp³-hybridized carbons (Fsp3) is 0.667.